The monoisotopic (exact) mass is 338 g/mol. The number of rotatable bonds is 8. The second kappa shape index (κ2) is 6.80. The van der Waals surface area contributed by atoms with E-state index in [0.29, 0.717) is 5.75 Å². The van der Waals surface area contributed by atoms with Crippen LogP contribution in [-0.2, 0) is 20.2 Å². The van der Waals surface area contributed by atoms with Gasteiger partial charge in [-0.25, -0.2) is 0 Å². The first-order chi connectivity index (χ1) is 7.88. The minimum atomic E-state index is -4.10. The maximum atomic E-state index is 11.0. The summed E-state index contributed by atoms with van der Waals surface area (Å²) in [6.45, 7) is 4.23. The predicted octanol–water partition coefficient (Wildman–Crippen LogP) is 1.70. The summed E-state index contributed by atoms with van der Waals surface area (Å²) in [5.74, 6) is 0.657. The molecule has 0 radical (unpaired) electrons. The maximum Gasteiger partial charge on any atom is 0.270 e. The van der Waals surface area contributed by atoms with Crippen LogP contribution >= 0.6 is 21.6 Å². The highest BCUT2D eigenvalue weighted by atomic mass is 33.1. The van der Waals surface area contributed by atoms with E-state index in [1.165, 1.54) is 42.4 Å². The third-order valence-corrected chi connectivity index (χ3v) is 8.04. The topological polar surface area (TPSA) is 109 Å². The highest BCUT2D eigenvalue weighted by Crippen LogP contribution is 2.30. The zero-order valence-corrected chi connectivity index (χ0v) is 13.6. The Labute approximate surface area is 116 Å². The molecule has 0 bridgehead atoms. The Morgan fingerprint density at radius 3 is 2.00 bits per heavy atom. The van der Waals surface area contributed by atoms with Crippen LogP contribution in [-0.4, -0.2) is 47.4 Å². The smallest absolute Gasteiger partial charge is 0.270 e. The van der Waals surface area contributed by atoms with Gasteiger partial charge in [-0.3, -0.25) is 9.11 Å². The van der Waals surface area contributed by atoms with Gasteiger partial charge in [0.05, 0.1) is 5.25 Å². The van der Waals surface area contributed by atoms with Crippen molar-refractivity contribution in [2.45, 2.75) is 37.2 Å². The second-order valence-corrected chi connectivity index (χ2v) is 10.9. The SMILES string of the molecule is CC(CCSSCC(C)(C)S(=O)(=O)O)S(=O)(=O)O. The molecule has 0 saturated carbocycles. The molecule has 0 fully saturated rings. The standard InChI is InChI=1S/C8H18O6S4/c1-7(17(9,10)11)4-5-15-16-6-8(2,3)18(12,13)14/h7H,4-6H2,1-3H3,(H,9,10,11)(H,12,13,14). The molecule has 0 rings (SSSR count). The first-order valence-corrected chi connectivity index (χ1v) is 10.5. The Bertz CT molecular complexity index is 452. The second-order valence-electron chi connectivity index (χ2n) is 4.43. The van der Waals surface area contributed by atoms with Crippen molar-refractivity contribution < 1.29 is 25.9 Å². The molecule has 110 valence electrons. The van der Waals surface area contributed by atoms with Gasteiger partial charge in [0, 0.05) is 11.5 Å². The van der Waals surface area contributed by atoms with Gasteiger partial charge in [-0.2, -0.15) is 16.8 Å². The Morgan fingerprint density at radius 2 is 1.61 bits per heavy atom. The van der Waals surface area contributed by atoms with Gasteiger partial charge in [-0.1, -0.05) is 21.6 Å². The highest BCUT2D eigenvalue weighted by molar-refractivity contribution is 8.76. The van der Waals surface area contributed by atoms with Crippen LogP contribution in [0.4, 0.5) is 0 Å². The van der Waals surface area contributed by atoms with E-state index in [1.54, 1.807) is 0 Å². The molecule has 0 heterocycles. The molecule has 10 heteroatoms. The number of hydrogen-bond donors (Lipinski definition) is 2. The van der Waals surface area contributed by atoms with Crippen molar-refractivity contribution in [3.8, 4) is 0 Å². The Hall–Kier alpha value is 0.520. The van der Waals surface area contributed by atoms with Crippen molar-refractivity contribution in [2.24, 2.45) is 0 Å². The summed E-state index contributed by atoms with van der Waals surface area (Å²) in [5, 5.41) is -0.833. The molecule has 18 heavy (non-hydrogen) atoms. The molecule has 0 aromatic rings. The van der Waals surface area contributed by atoms with Gasteiger partial charge in [-0.05, 0) is 27.2 Å². The van der Waals surface area contributed by atoms with Crippen LogP contribution in [0.5, 0.6) is 0 Å². The molecule has 0 aliphatic heterocycles. The summed E-state index contributed by atoms with van der Waals surface area (Å²) < 4.78 is 59.8. The van der Waals surface area contributed by atoms with E-state index in [9.17, 15) is 16.8 Å². The van der Waals surface area contributed by atoms with E-state index in [-0.39, 0.29) is 12.2 Å². The first kappa shape index (κ1) is 18.5. The molecule has 0 aliphatic carbocycles. The van der Waals surface area contributed by atoms with Crippen LogP contribution in [0.3, 0.4) is 0 Å². The van der Waals surface area contributed by atoms with Gasteiger partial charge in [0.15, 0.2) is 0 Å². The van der Waals surface area contributed by atoms with Gasteiger partial charge in [0.1, 0.15) is 4.75 Å². The summed E-state index contributed by atoms with van der Waals surface area (Å²) in [5.41, 5.74) is 0. The van der Waals surface area contributed by atoms with Crippen LogP contribution in [0, 0.1) is 0 Å². The summed E-state index contributed by atoms with van der Waals surface area (Å²) in [6.07, 6.45) is 0.281. The molecule has 2 N–H and O–H groups in total. The average Bonchev–Trinajstić information content (AvgIpc) is 2.13. The lowest BCUT2D eigenvalue weighted by molar-refractivity contribution is 0.451. The zero-order valence-electron chi connectivity index (χ0n) is 10.4. The fourth-order valence-corrected chi connectivity index (χ4v) is 4.95. The summed E-state index contributed by atoms with van der Waals surface area (Å²) in [6, 6.07) is 0. The van der Waals surface area contributed by atoms with Crippen molar-refractivity contribution in [1.82, 2.24) is 0 Å². The molecule has 0 aromatic carbocycles. The van der Waals surface area contributed by atoms with Gasteiger partial charge in [0.2, 0.25) is 0 Å². The molecule has 0 spiro atoms. The molecule has 0 amide bonds. The van der Waals surface area contributed by atoms with E-state index in [2.05, 4.69) is 0 Å². The van der Waals surface area contributed by atoms with Crippen LogP contribution in [0.25, 0.3) is 0 Å². The zero-order chi connectivity index (χ0) is 14.6. The fourth-order valence-electron chi connectivity index (χ4n) is 0.680. The van der Waals surface area contributed by atoms with Gasteiger partial charge in [-0.15, -0.1) is 0 Å². The lowest BCUT2D eigenvalue weighted by Crippen LogP contribution is -2.33. The minimum Gasteiger partial charge on any atom is -0.285 e. The normalized spacial score (nSPS) is 15.6. The minimum absolute atomic E-state index is 0.191. The quantitative estimate of drug-likeness (QED) is 0.391. The number of hydrogen-bond acceptors (Lipinski definition) is 6. The maximum absolute atomic E-state index is 11.0. The molecular formula is C8H18O6S4. The summed E-state index contributed by atoms with van der Waals surface area (Å²) in [4.78, 5) is 0. The van der Waals surface area contributed by atoms with Gasteiger partial charge in [0.25, 0.3) is 20.2 Å². The molecule has 0 aliphatic rings. The molecule has 1 atom stereocenters. The summed E-state index contributed by atoms with van der Waals surface area (Å²) in [7, 11) is -5.55. The fraction of sp³-hybridized carbons (Fsp3) is 1.00. The Morgan fingerprint density at radius 1 is 1.11 bits per heavy atom. The molecule has 1 unspecified atom stereocenters. The van der Waals surface area contributed by atoms with Crippen LogP contribution in [0.15, 0.2) is 0 Å². The molecular weight excluding hydrogens is 320 g/mol. The van der Waals surface area contributed by atoms with E-state index in [0.717, 1.165) is 0 Å². The lowest BCUT2D eigenvalue weighted by Gasteiger charge is -2.19. The van der Waals surface area contributed by atoms with Crippen molar-refractivity contribution >= 4 is 41.8 Å². The predicted molar refractivity (Wildman–Crippen MR) is 76.2 cm³/mol. The van der Waals surface area contributed by atoms with Gasteiger partial charge < -0.3 is 0 Å². The van der Waals surface area contributed by atoms with Crippen molar-refractivity contribution in [2.75, 3.05) is 11.5 Å². The largest absolute Gasteiger partial charge is 0.285 e. The molecule has 6 nitrogen and oxygen atoms in total. The van der Waals surface area contributed by atoms with Crippen LogP contribution in [0.2, 0.25) is 0 Å². The lowest BCUT2D eigenvalue weighted by atomic mass is 10.2. The van der Waals surface area contributed by atoms with Crippen molar-refractivity contribution in [3.63, 3.8) is 0 Å². The van der Waals surface area contributed by atoms with Crippen molar-refractivity contribution in [3.05, 3.63) is 0 Å². The molecule has 0 aromatic heterocycles. The Balaban J connectivity index is 3.97. The van der Waals surface area contributed by atoms with Gasteiger partial charge >= 0.3 is 0 Å². The van der Waals surface area contributed by atoms with Crippen LogP contribution < -0.4 is 0 Å². The summed E-state index contributed by atoms with van der Waals surface area (Å²) >= 11 is 0. The third-order valence-electron chi connectivity index (χ3n) is 2.30. The van der Waals surface area contributed by atoms with E-state index < -0.39 is 30.2 Å². The third kappa shape index (κ3) is 6.62. The average molecular weight is 338 g/mol. The van der Waals surface area contributed by atoms with Crippen LogP contribution in [0.1, 0.15) is 27.2 Å². The Kier molecular flexibility index (Phi) is 6.99. The van der Waals surface area contributed by atoms with E-state index >= 15 is 0 Å². The van der Waals surface area contributed by atoms with E-state index in [4.69, 9.17) is 9.11 Å². The molecule has 0 saturated heterocycles. The first-order valence-electron chi connectivity index (χ1n) is 5.05. The highest BCUT2D eigenvalue weighted by Gasteiger charge is 2.32. The van der Waals surface area contributed by atoms with E-state index in [1.807, 2.05) is 0 Å². The van der Waals surface area contributed by atoms with Crippen molar-refractivity contribution in [1.29, 1.82) is 0 Å².